The number of rotatable bonds is 4. The van der Waals surface area contributed by atoms with Crippen LogP contribution in [0.3, 0.4) is 0 Å². The van der Waals surface area contributed by atoms with Gasteiger partial charge < -0.3 is 16.4 Å². The first-order valence-corrected chi connectivity index (χ1v) is 5.93. The van der Waals surface area contributed by atoms with Gasteiger partial charge in [-0.25, -0.2) is 0 Å². The lowest BCUT2D eigenvalue weighted by atomic mass is 10.1. The van der Waals surface area contributed by atoms with Crippen LogP contribution in [-0.2, 0) is 0 Å². The van der Waals surface area contributed by atoms with Gasteiger partial charge in [-0.05, 0) is 38.5 Å². The van der Waals surface area contributed by atoms with E-state index >= 15 is 0 Å². The molecule has 0 unspecified atom stereocenters. The van der Waals surface area contributed by atoms with Crippen molar-refractivity contribution in [3.8, 4) is 0 Å². The highest BCUT2D eigenvalue weighted by molar-refractivity contribution is 5.99. The number of nitrogen functional groups attached to an aromatic ring is 2. The molecule has 0 saturated heterocycles. The monoisotopic (exact) mass is 235 g/mol. The Kier molecular flexibility index (Phi) is 4.37. The van der Waals surface area contributed by atoms with Crippen LogP contribution < -0.4 is 11.5 Å². The molecule has 0 spiro atoms. The number of anilines is 2. The molecule has 4 N–H and O–H groups in total. The Bertz CT molecular complexity index is 402. The molecule has 0 heterocycles. The molecule has 4 nitrogen and oxygen atoms in total. The predicted octanol–water partition coefficient (Wildman–Crippen LogP) is 2.11. The molecule has 0 atom stereocenters. The third-order valence-electron chi connectivity index (χ3n) is 2.65. The minimum atomic E-state index is -0.0284. The van der Waals surface area contributed by atoms with E-state index in [0.29, 0.717) is 16.9 Å². The van der Waals surface area contributed by atoms with Crippen LogP contribution in [0.1, 0.15) is 37.6 Å². The fourth-order valence-corrected chi connectivity index (χ4v) is 1.77. The molecular formula is C13H21N3O. The second-order valence-corrected chi connectivity index (χ2v) is 4.44. The summed E-state index contributed by atoms with van der Waals surface area (Å²) in [6.07, 6.45) is 0.929. The van der Waals surface area contributed by atoms with E-state index in [1.807, 2.05) is 18.7 Å². The first kappa shape index (κ1) is 13.4. The van der Waals surface area contributed by atoms with Crippen LogP contribution >= 0.6 is 0 Å². The number of hydrogen-bond donors (Lipinski definition) is 2. The van der Waals surface area contributed by atoms with Gasteiger partial charge in [-0.1, -0.05) is 6.92 Å². The lowest BCUT2D eigenvalue weighted by Gasteiger charge is -2.26. The van der Waals surface area contributed by atoms with Crippen molar-refractivity contribution in [1.29, 1.82) is 0 Å². The summed E-state index contributed by atoms with van der Waals surface area (Å²) in [5.41, 5.74) is 13.0. The van der Waals surface area contributed by atoms with Crippen LogP contribution in [0, 0.1) is 0 Å². The van der Waals surface area contributed by atoms with Crippen LogP contribution in [0.4, 0.5) is 11.4 Å². The number of carbonyl (C=O) groups is 1. The molecule has 0 aliphatic carbocycles. The van der Waals surface area contributed by atoms with Crippen molar-refractivity contribution in [3.63, 3.8) is 0 Å². The lowest BCUT2D eigenvalue weighted by molar-refractivity contribution is 0.0707. The quantitative estimate of drug-likeness (QED) is 0.785. The SMILES string of the molecule is CCCN(C(=O)c1ccc(N)cc1N)C(C)C. The molecule has 1 amide bonds. The summed E-state index contributed by atoms with van der Waals surface area (Å²) < 4.78 is 0. The van der Waals surface area contributed by atoms with Gasteiger partial charge in [0.25, 0.3) is 5.91 Å². The van der Waals surface area contributed by atoms with Crippen molar-refractivity contribution < 1.29 is 4.79 Å². The summed E-state index contributed by atoms with van der Waals surface area (Å²) in [6.45, 7) is 6.79. The van der Waals surface area contributed by atoms with Crippen molar-refractivity contribution >= 4 is 17.3 Å². The summed E-state index contributed by atoms with van der Waals surface area (Å²) in [7, 11) is 0. The van der Waals surface area contributed by atoms with Crippen LogP contribution in [-0.4, -0.2) is 23.4 Å². The summed E-state index contributed by atoms with van der Waals surface area (Å²) in [6, 6.07) is 5.18. The Morgan fingerprint density at radius 2 is 2.00 bits per heavy atom. The van der Waals surface area contributed by atoms with Crippen molar-refractivity contribution in [1.82, 2.24) is 4.90 Å². The predicted molar refractivity (Wildman–Crippen MR) is 71.7 cm³/mol. The Balaban J connectivity index is 3.01. The van der Waals surface area contributed by atoms with Crippen molar-refractivity contribution in [2.75, 3.05) is 18.0 Å². The average Bonchev–Trinajstić information content (AvgIpc) is 2.24. The van der Waals surface area contributed by atoms with Gasteiger partial charge >= 0.3 is 0 Å². The molecule has 0 aromatic heterocycles. The third kappa shape index (κ3) is 3.12. The van der Waals surface area contributed by atoms with E-state index in [9.17, 15) is 4.79 Å². The maximum atomic E-state index is 12.3. The van der Waals surface area contributed by atoms with Gasteiger partial charge in [-0.15, -0.1) is 0 Å². The topological polar surface area (TPSA) is 72.3 Å². The van der Waals surface area contributed by atoms with E-state index in [1.54, 1.807) is 18.2 Å². The molecule has 1 rings (SSSR count). The molecule has 0 aliphatic heterocycles. The highest BCUT2D eigenvalue weighted by Gasteiger charge is 2.19. The largest absolute Gasteiger partial charge is 0.399 e. The number of carbonyl (C=O) groups excluding carboxylic acids is 1. The zero-order valence-corrected chi connectivity index (χ0v) is 10.7. The van der Waals surface area contributed by atoms with Gasteiger partial charge in [0.1, 0.15) is 0 Å². The third-order valence-corrected chi connectivity index (χ3v) is 2.65. The van der Waals surface area contributed by atoms with Crippen LogP contribution in [0.25, 0.3) is 0 Å². The summed E-state index contributed by atoms with van der Waals surface area (Å²) in [5.74, 6) is -0.0284. The Hall–Kier alpha value is -1.71. The highest BCUT2D eigenvalue weighted by atomic mass is 16.2. The van der Waals surface area contributed by atoms with Gasteiger partial charge in [0.05, 0.1) is 5.56 Å². The lowest BCUT2D eigenvalue weighted by Crippen LogP contribution is -2.37. The molecule has 1 aromatic carbocycles. The van der Waals surface area contributed by atoms with E-state index in [0.717, 1.165) is 13.0 Å². The number of hydrogen-bond acceptors (Lipinski definition) is 3. The molecule has 0 saturated carbocycles. The summed E-state index contributed by atoms with van der Waals surface area (Å²) in [4.78, 5) is 14.1. The van der Waals surface area contributed by atoms with Crippen molar-refractivity contribution in [2.45, 2.75) is 33.2 Å². The number of nitrogens with two attached hydrogens (primary N) is 2. The van der Waals surface area contributed by atoms with Gasteiger partial charge in [-0.2, -0.15) is 0 Å². The normalized spacial score (nSPS) is 10.6. The summed E-state index contributed by atoms with van der Waals surface area (Å²) >= 11 is 0. The van der Waals surface area contributed by atoms with E-state index in [4.69, 9.17) is 11.5 Å². The molecule has 0 bridgehead atoms. The molecule has 4 heteroatoms. The van der Waals surface area contributed by atoms with Crippen molar-refractivity contribution in [2.24, 2.45) is 0 Å². The van der Waals surface area contributed by atoms with Gasteiger partial charge in [0.2, 0.25) is 0 Å². The molecule has 0 fully saturated rings. The van der Waals surface area contributed by atoms with Gasteiger partial charge in [0.15, 0.2) is 0 Å². The van der Waals surface area contributed by atoms with Crippen LogP contribution in [0.15, 0.2) is 18.2 Å². The molecule has 94 valence electrons. The second kappa shape index (κ2) is 5.57. The molecular weight excluding hydrogens is 214 g/mol. The Morgan fingerprint density at radius 3 is 2.47 bits per heavy atom. The number of nitrogens with zero attached hydrogens (tertiary/aromatic N) is 1. The molecule has 0 radical (unpaired) electrons. The van der Waals surface area contributed by atoms with Crippen LogP contribution in [0.5, 0.6) is 0 Å². The van der Waals surface area contributed by atoms with E-state index in [-0.39, 0.29) is 11.9 Å². The maximum absolute atomic E-state index is 12.3. The Morgan fingerprint density at radius 1 is 1.35 bits per heavy atom. The second-order valence-electron chi connectivity index (χ2n) is 4.44. The molecule has 0 aliphatic rings. The Labute approximate surface area is 103 Å². The zero-order valence-electron chi connectivity index (χ0n) is 10.7. The van der Waals surface area contributed by atoms with E-state index in [2.05, 4.69) is 6.92 Å². The fraction of sp³-hybridized carbons (Fsp3) is 0.462. The first-order valence-electron chi connectivity index (χ1n) is 5.93. The minimum absolute atomic E-state index is 0.0284. The zero-order chi connectivity index (χ0) is 13.0. The average molecular weight is 235 g/mol. The number of benzene rings is 1. The van der Waals surface area contributed by atoms with Gasteiger partial charge in [0, 0.05) is 24.0 Å². The smallest absolute Gasteiger partial charge is 0.256 e. The molecule has 1 aromatic rings. The first-order chi connectivity index (χ1) is 7.97. The molecule has 17 heavy (non-hydrogen) atoms. The van der Waals surface area contributed by atoms with Crippen LogP contribution in [0.2, 0.25) is 0 Å². The van der Waals surface area contributed by atoms with E-state index < -0.39 is 0 Å². The van der Waals surface area contributed by atoms with Gasteiger partial charge in [-0.3, -0.25) is 4.79 Å². The minimum Gasteiger partial charge on any atom is -0.399 e. The van der Waals surface area contributed by atoms with E-state index in [1.165, 1.54) is 0 Å². The fourth-order valence-electron chi connectivity index (χ4n) is 1.77. The number of amides is 1. The standard InChI is InChI=1S/C13H21N3O/c1-4-7-16(9(2)3)13(17)11-6-5-10(14)8-12(11)15/h5-6,8-9H,4,7,14-15H2,1-3H3. The summed E-state index contributed by atoms with van der Waals surface area (Å²) in [5, 5.41) is 0. The maximum Gasteiger partial charge on any atom is 0.256 e. The highest BCUT2D eigenvalue weighted by Crippen LogP contribution is 2.19. The van der Waals surface area contributed by atoms with Crippen molar-refractivity contribution in [3.05, 3.63) is 23.8 Å².